The van der Waals surface area contributed by atoms with Gasteiger partial charge in [-0.15, -0.1) is 0 Å². The van der Waals surface area contributed by atoms with Crippen molar-refractivity contribution in [2.75, 3.05) is 26.9 Å². The summed E-state index contributed by atoms with van der Waals surface area (Å²) in [6, 6.07) is 0. The molecular weight excluding hydrogens is 215 g/mol. The molecule has 1 rings (SSSR count). The second-order valence-corrected chi connectivity index (χ2v) is 3.27. The Morgan fingerprint density at radius 3 is 2.75 bits per heavy atom. The number of H-pyrrole nitrogens is 1. The van der Waals surface area contributed by atoms with Crippen molar-refractivity contribution >= 4 is 0 Å². The summed E-state index contributed by atoms with van der Waals surface area (Å²) in [5, 5.41) is 0. The Morgan fingerprint density at radius 2 is 2.12 bits per heavy atom. The van der Waals surface area contributed by atoms with Crippen molar-refractivity contribution in [3.8, 4) is 0 Å². The number of hydrogen-bond donors (Lipinski definition) is 1. The molecule has 1 aromatic heterocycles. The second-order valence-electron chi connectivity index (χ2n) is 3.27. The number of hydrogen-bond acceptors (Lipinski definition) is 4. The van der Waals surface area contributed by atoms with Crippen molar-refractivity contribution in [2.45, 2.75) is 13.3 Å². The van der Waals surface area contributed by atoms with Gasteiger partial charge in [0.05, 0.1) is 25.5 Å². The van der Waals surface area contributed by atoms with E-state index in [-0.39, 0.29) is 5.69 Å². The second kappa shape index (κ2) is 6.34. The predicted octanol–water partition coefficient (Wildman–Crippen LogP) is 0.423. The Hall–Kier alpha value is -1.27. The van der Waals surface area contributed by atoms with Crippen LogP contribution in [0.4, 0.5) is 4.39 Å². The number of methoxy groups -OCH3 is 1. The molecule has 0 saturated carbocycles. The summed E-state index contributed by atoms with van der Waals surface area (Å²) >= 11 is 0. The smallest absolute Gasteiger partial charge is 0.287 e. The molecule has 0 fully saturated rings. The Morgan fingerprint density at radius 1 is 1.38 bits per heavy atom. The fraction of sp³-hybridized carbons (Fsp3) is 0.600. The summed E-state index contributed by atoms with van der Waals surface area (Å²) in [5.74, 6) is -0.398. The normalized spacial score (nSPS) is 10.7. The van der Waals surface area contributed by atoms with Gasteiger partial charge in [0.25, 0.3) is 5.56 Å². The first-order valence-electron chi connectivity index (χ1n) is 4.97. The monoisotopic (exact) mass is 230 g/mol. The fourth-order valence-corrected chi connectivity index (χ4v) is 1.16. The van der Waals surface area contributed by atoms with Gasteiger partial charge >= 0.3 is 0 Å². The highest BCUT2D eigenvalue weighted by Crippen LogP contribution is 1.97. The zero-order chi connectivity index (χ0) is 12.0. The maximum Gasteiger partial charge on any atom is 0.287 e. The zero-order valence-electron chi connectivity index (χ0n) is 9.38. The molecule has 0 aromatic carbocycles. The first kappa shape index (κ1) is 12.8. The van der Waals surface area contributed by atoms with Crippen molar-refractivity contribution in [3.63, 3.8) is 0 Å². The first-order valence-corrected chi connectivity index (χ1v) is 4.97. The zero-order valence-corrected chi connectivity index (χ0v) is 9.38. The highest BCUT2D eigenvalue weighted by Gasteiger charge is 2.06. The molecule has 0 spiro atoms. The molecule has 5 nitrogen and oxygen atoms in total. The summed E-state index contributed by atoms with van der Waals surface area (Å²) in [7, 11) is 1.59. The third-order valence-corrected chi connectivity index (χ3v) is 1.99. The van der Waals surface area contributed by atoms with Crippen LogP contribution in [-0.4, -0.2) is 36.9 Å². The van der Waals surface area contributed by atoms with E-state index in [4.69, 9.17) is 9.47 Å². The Labute approximate surface area is 92.6 Å². The topological polar surface area (TPSA) is 64.2 Å². The van der Waals surface area contributed by atoms with Crippen LogP contribution in [0, 0.1) is 12.7 Å². The van der Waals surface area contributed by atoms with Gasteiger partial charge in [0.1, 0.15) is 5.82 Å². The molecule has 0 bridgehead atoms. The largest absolute Gasteiger partial charge is 0.382 e. The highest BCUT2D eigenvalue weighted by atomic mass is 19.1. The third-order valence-electron chi connectivity index (χ3n) is 1.99. The van der Waals surface area contributed by atoms with Crippen molar-refractivity contribution in [1.82, 2.24) is 9.97 Å². The number of rotatable bonds is 6. The molecule has 0 unspecified atom stereocenters. The lowest BCUT2D eigenvalue weighted by molar-refractivity contribution is 0.0716. The Bertz CT molecular complexity index is 392. The van der Waals surface area contributed by atoms with Gasteiger partial charge in [-0.25, -0.2) is 4.98 Å². The number of halogens is 1. The molecule has 0 amide bonds. The van der Waals surface area contributed by atoms with Gasteiger partial charge < -0.3 is 14.5 Å². The van der Waals surface area contributed by atoms with E-state index < -0.39 is 11.4 Å². The van der Waals surface area contributed by atoms with Crippen LogP contribution >= 0.6 is 0 Å². The summed E-state index contributed by atoms with van der Waals surface area (Å²) in [4.78, 5) is 17.3. The number of nitrogens with zero attached hydrogens (tertiary/aromatic N) is 1. The Kier molecular flexibility index (Phi) is 5.07. The van der Waals surface area contributed by atoms with E-state index in [1.54, 1.807) is 7.11 Å². The number of nitrogens with one attached hydrogen (secondary N) is 1. The van der Waals surface area contributed by atoms with Crippen molar-refractivity contribution < 1.29 is 13.9 Å². The standard InChI is InChI=1S/C10H15FN2O3/c1-7-9(11)10(14)13-8(12-7)3-4-16-6-5-15-2/h3-6H2,1-2H3,(H,12,13,14). The van der Waals surface area contributed by atoms with Gasteiger partial charge in [0.15, 0.2) is 0 Å². The average molecular weight is 230 g/mol. The molecule has 0 aliphatic carbocycles. The molecule has 0 aliphatic heterocycles. The molecule has 90 valence electrons. The van der Waals surface area contributed by atoms with E-state index >= 15 is 0 Å². The summed E-state index contributed by atoms with van der Waals surface area (Å²) in [5.41, 5.74) is -0.630. The summed E-state index contributed by atoms with van der Waals surface area (Å²) in [6.45, 7) is 2.88. The number of aromatic amines is 1. The van der Waals surface area contributed by atoms with Crippen LogP contribution in [0.1, 0.15) is 11.5 Å². The molecule has 1 aromatic rings. The maximum atomic E-state index is 12.9. The predicted molar refractivity (Wildman–Crippen MR) is 56.0 cm³/mol. The van der Waals surface area contributed by atoms with Crippen molar-refractivity contribution in [3.05, 3.63) is 27.7 Å². The first-order chi connectivity index (χ1) is 7.65. The Balaban J connectivity index is 2.46. The minimum absolute atomic E-state index is 0.107. The van der Waals surface area contributed by atoms with Crippen LogP contribution in [0.3, 0.4) is 0 Å². The van der Waals surface area contributed by atoms with Crippen LogP contribution in [0.25, 0.3) is 0 Å². The fourth-order valence-electron chi connectivity index (χ4n) is 1.16. The van der Waals surface area contributed by atoms with Gasteiger partial charge in [-0.3, -0.25) is 4.79 Å². The summed E-state index contributed by atoms with van der Waals surface area (Å²) in [6.07, 6.45) is 0.445. The van der Waals surface area contributed by atoms with Gasteiger partial charge in [0.2, 0.25) is 5.82 Å². The lowest BCUT2D eigenvalue weighted by Crippen LogP contribution is -2.18. The molecule has 6 heteroatoms. The summed E-state index contributed by atoms with van der Waals surface area (Å²) < 4.78 is 23.0. The molecule has 0 aliphatic rings. The minimum atomic E-state index is -0.830. The van der Waals surface area contributed by atoms with E-state index in [0.717, 1.165) is 0 Å². The SMILES string of the molecule is COCCOCCc1nc(C)c(F)c(=O)[nH]1. The van der Waals surface area contributed by atoms with E-state index in [9.17, 15) is 9.18 Å². The van der Waals surface area contributed by atoms with Crippen molar-refractivity contribution in [2.24, 2.45) is 0 Å². The van der Waals surface area contributed by atoms with E-state index in [1.807, 2.05) is 0 Å². The molecule has 0 saturated heterocycles. The van der Waals surface area contributed by atoms with Gasteiger partial charge in [-0.2, -0.15) is 4.39 Å². The third kappa shape index (κ3) is 3.71. The molecule has 1 heterocycles. The quantitative estimate of drug-likeness (QED) is 0.719. The molecular formula is C10H15FN2O3. The number of aromatic nitrogens is 2. The average Bonchev–Trinajstić information content (AvgIpc) is 2.25. The van der Waals surface area contributed by atoms with E-state index in [1.165, 1.54) is 6.92 Å². The van der Waals surface area contributed by atoms with Crippen LogP contribution in [0.2, 0.25) is 0 Å². The maximum absolute atomic E-state index is 12.9. The van der Waals surface area contributed by atoms with Crippen LogP contribution in [0.5, 0.6) is 0 Å². The molecule has 0 radical (unpaired) electrons. The van der Waals surface area contributed by atoms with Gasteiger partial charge in [0, 0.05) is 13.5 Å². The van der Waals surface area contributed by atoms with E-state index in [0.29, 0.717) is 32.1 Å². The van der Waals surface area contributed by atoms with Gasteiger partial charge in [-0.1, -0.05) is 0 Å². The minimum Gasteiger partial charge on any atom is -0.382 e. The highest BCUT2D eigenvalue weighted by molar-refractivity contribution is 5.03. The lowest BCUT2D eigenvalue weighted by atomic mass is 10.3. The molecule has 0 atom stereocenters. The molecule has 1 N–H and O–H groups in total. The van der Waals surface area contributed by atoms with Crippen LogP contribution < -0.4 is 5.56 Å². The lowest BCUT2D eigenvalue weighted by Gasteiger charge is -2.04. The molecule has 16 heavy (non-hydrogen) atoms. The number of ether oxygens (including phenoxy) is 2. The van der Waals surface area contributed by atoms with Crippen LogP contribution in [0.15, 0.2) is 4.79 Å². The number of aryl methyl sites for hydroxylation is 1. The van der Waals surface area contributed by atoms with Crippen molar-refractivity contribution in [1.29, 1.82) is 0 Å². The van der Waals surface area contributed by atoms with Gasteiger partial charge in [-0.05, 0) is 6.92 Å². The van der Waals surface area contributed by atoms with Crippen LogP contribution in [-0.2, 0) is 15.9 Å². The van der Waals surface area contributed by atoms with E-state index in [2.05, 4.69) is 9.97 Å².